The molecule has 0 saturated carbocycles. The summed E-state index contributed by atoms with van der Waals surface area (Å²) >= 11 is 0. The van der Waals surface area contributed by atoms with Crippen LogP contribution in [0.15, 0.2) is 36.4 Å². The molecule has 2 aromatic rings. The second-order valence-corrected chi connectivity index (χ2v) is 4.82. The number of hydrogen-bond donors (Lipinski definition) is 2. The molecule has 2 rings (SSSR count). The summed E-state index contributed by atoms with van der Waals surface area (Å²) in [6, 6.07) is 12.0. The van der Waals surface area contributed by atoms with Crippen LogP contribution in [0.4, 0.5) is 0 Å². The van der Waals surface area contributed by atoms with Crippen LogP contribution >= 0.6 is 0 Å². The van der Waals surface area contributed by atoms with Gasteiger partial charge >= 0.3 is 0 Å². The SMILES string of the molecule is Cc1ccc2cc(C(=O)NCCCCN)ccc2c1. The molecule has 0 bridgehead atoms. The van der Waals surface area contributed by atoms with Crippen molar-refractivity contribution in [2.24, 2.45) is 5.73 Å². The Labute approximate surface area is 113 Å². The summed E-state index contributed by atoms with van der Waals surface area (Å²) in [5.74, 6) is -0.0144. The maximum absolute atomic E-state index is 12.0. The number of nitrogens with two attached hydrogens (primary N) is 1. The molecule has 0 radical (unpaired) electrons. The van der Waals surface area contributed by atoms with Crippen LogP contribution in [0.25, 0.3) is 10.8 Å². The van der Waals surface area contributed by atoms with Gasteiger partial charge in [0.15, 0.2) is 0 Å². The first-order chi connectivity index (χ1) is 9.20. The molecule has 0 saturated heterocycles. The molecule has 0 atom stereocenters. The quantitative estimate of drug-likeness (QED) is 0.808. The number of carbonyl (C=O) groups excluding carboxylic acids is 1. The molecule has 3 N–H and O–H groups in total. The summed E-state index contributed by atoms with van der Waals surface area (Å²) in [6.45, 7) is 3.42. The number of rotatable bonds is 5. The van der Waals surface area contributed by atoms with Gasteiger partial charge in [0.1, 0.15) is 0 Å². The summed E-state index contributed by atoms with van der Waals surface area (Å²) in [4.78, 5) is 12.0. The zero-order valence-electron chi connectivity index (χ0n) is 11.3. The average molecular weight is 256 g/mol. The molecule has 0 aliphatic carbocycles. The normalized spacial score (nSPS) is 10.6. The van der Waals surface area contributed by atoms with Crippen LogP contribution in [-0.2, 0) is 0 Å². The third kappa shape index (κ3) is 3.55. The third-order valence-corrected chi connectivity index (χ3v) is 3.17. The highest BCUT2D eigenvalue weighted by Gasteiger charge is 2.05. The van der Waals surface area contributed by atoms with Gasteiger partial charge in [-0.2, -0.15) is 0 Å². The number of aryl methyl sites for hydroxylation is 1. The number of carbonyl (C=O) groups is 1. The Bertz CT molecular complexity index is 578. The average Bonchev–Trinajstić information content (AvgIpc) is 2.42. The Hall–Kier alpha value is -1.87. The van der Waals surface area contributed by atoms with Crippen molar-refractivity contribution in [3.63, 3.8) is 0 Å². The summed E-state index contributed by atoms with van der Waals surface area (Å²) in [6.07, 6.45) is 1.87. The maximum Gasteiger partial charge on any atom is 0.251 e. The lowest BCUT2D eigenvalue weighted by atomic mass is 10.0. The first-order valence-corrected chi connectivity index (χ1v) is 6.69. The van der Waals surface area contributed by atoms with Crippen molar-refractivity contribution < 1.29 is 4.79 Å². The Balaban J connectivity index is 2.08. The van der Waals surface area contributed by atoms with Gasteiger partial charge in [0.05, 0.1) is 0 Å². The second kappa shape index (κ2) is 6.34. The van der Waals surface area contributed by atoms with Gasteiger partial charge in [-0.05, 0) is 49.2 Å². The molecule has 0 unspecified atom stereocenters. The molecule has 3 heteroatoms. The standard InChI is InChI=1S/C16H20N2O/c1-12-4-5-14-11-15(7-6-13(14)10-12)16(19)18-9-3-2-8-17/h4-7,10-11H,2-3,8-9,17H2,1H3,(H,18,19). The lowest BCUT2D eigenvalue weighted by molar-refractivity contribution is 0.0953. The van der Waals surface area contributed by atoms with Crippen molar-refractivity contribution in [3.8, 4) is 0 Å². The molecule has 0 heterocycles. The molecule has 19 heavy (non-hydrogen) atoms. The van der Waals surface area contributed by atoms with Crippen LogP contribution in [0.3, 0.4) is 0 Å². The minimum atomic E-state index is -0.0144. The second-order valence-electron chi connectivity index (χ2n) is 4.82. The van der Waals surface area contributed by atoms with E-state index in [1.807, 2.05) is 18.2 Å². The van der Waals surface area contributed by atoms with E-state index in [9.17, 15) is 4.79 Å². The summed E-state index contributed by atoms with van der Waals surface area (Å²) in [5, 5.41) is 5.18. The van der Waals surface area contributed by atoms with Crippen molar-refractivity contribution in [2.75, 3.05) is 13.1 Å². The number of nitrogens with one attached hydrogen (secondary N) is 1. The highest BCUT2D eigenvalue weighted by atomic mass is 16.1. The summed E-state index contributed by atoms with van der Waals surface area (Å²) in [5.41, 5.74) is 7.36. The van der Waals surface area contributed by atoms with Crippen LogP contribution in [0.2, 0.25) is 0 Å². The Morgan fingerprint density at radius 3 is 2.63 bits per heavy atom. The predicted octanol–water partition coefficient (Wildman–Crippen LogP) is 2.62. The highest BCUT2D eigenvalue weighted by Crippen LogP contribution is 2.17. The van der Waals surface area contributed by atoms with Crippen LogP contribution in [0, 0.1) is 6.92 Å². The molecule has 0 aliphatic heterocycles. The third-order valence-electron chi connectivity index (χ3n) is 3.17. The van der Waals surface area contributed by atoms with Crippen molar-refractivity contribution in [3.05, 3.63) is 47.5 Å². The van der Waals surface area contributed by atoms with Crippen molar-refractivity contribution in [1.29, 1.82) is 0 Å². The van der Waals surface area contributed by atoms with Gasteiger partial charge in [0.25, 0.3) is 5.91 Å². The van der Waals surface area contributed by atoms with Crippen LogP contribution in [0.1, 0.15) is 28.8 Å². The van der Waals surface area contributed by atoms with Gasteiger partial charge in [0.2, 0.25) is 0 Å². The number of unbranched alkanes of at least 4 members (excludes halogenated alkanes) is 1. The van der Waals surface area contributed by atoms with E-state index in [2.05, 4.69) is 30.4 Å². The lowest BCUT2D eigenvalue weighted by Gasteiger charge is -2.06. The molecule has 0 spiro atoms. The van der Waals surface area contributed by atoms with Crippen LogP contribution in [0.5, 0.6) is 0 Å². The number of amides is 1. The predicted molar refractivity (Wildman–Crippen MR) is 79.3 cm³/mol. The molecule has 2 aromatic carbocycles. The largest absolute Gasteiger partial charge is 0.352 e. The smallest absolute Gasteiger partial charge is 0.251 e. The Morgan fingerprint density at radius 1 is 1.11 bits per heavy atom. The van der Waals surface area contributed by atoms with E-state index >= 15 is 0 Å². The van der Waals surface area contributed by atoms with E-state index in [1.54, 1.807) is 0 Å². The maximum atomic E-state index is 12.0. The van der Waals surface area contributed by atoms with E-state index in [4.69, 9.17) is 5.73 Å². The van der Waals surface area contributed by atoms with Crippen LogP contribution in [-0.4, -0.2) is 19.0 Å². The van der Waals surface area contributed by atoms with Crippen LogP contribution < -0.4 is 11.1 Å². The van der Waals surface area contributed by atoms with Crippen molar-refractivity contribution >= 4 is 16.7 Å². The number of benzene rings is 2. The zero-order chi connectivity index (χ0) is 13.7. The molecule has 1 amide bonds. The Morgan fingerprint density at radius 2 is 1.84 bits per heavy atom. The topological polar surface area (TPSA) is 55.1 Å². The van der Waals surface area contributed by atoms with Crippen molar-refractivity contribution in [1.82, 2.24) is 5.32 Å². The van der Waals surface area contributed by atoms with Gasteiger partial charge < -0.3 is 11.1 Å². The van der Waals surface area contributed by atoms with E-state index in [0.717, 1.165) is 18.2 Å². The van der Waals surface area contributed by atoms with E-state index in [-0.39, 0.29) is 5.91 Å². The fraction of sp³-hybridized carbons (Fsp3) is 0.312. The van der Waals surface area contributed by atoms with Gasteiger partial charge in [-0.1, -0.05) is 29.8 Å². The van der Waals surface area contributed by atoms with Gasteiger partial charge in [-0.15, -0.1) is 0 Å². The lowest BCUT2D eigenvalue weighted by Crippen LogP contribution is -2.24. The summed E-state index contributed by atoms with van der Waals surface area (Å²) in [7, 11) is 0. The molecular formula is C16H20N2O. The van der Waals surface area contributed by atoms with Crippen molar-refractivity contribution in [2.45, 2.75) is 19.8 Å². The fourth-order valence-corrected chi connectivity index (χ4v) is 2.08. The number of hydrogen-bond acceptors (Lipinski definition) is 2. The zero-order valence-corrected chi connectivity index (χ0v) is 11.3. The minimum Gasteiger partial charge on any atom is -0.352 e. The van der Waals surface area contributed by atoms with E-state index < -0.39 is 0 Å². The Kier molecular flexibility index (Phi) is 4.53. The molecule has 0 fully saturated rings. The molecule has 0 aromatic heterocycles. The van der Waals surface area contributed by atoms with Gasteiger partial charge in [-0.3, -0.25) is 4.79 Å². The summed E-state index contributed by atoms with van der Waals surface area (Å²) < 4.78 is 0. The number of fused-ring (bicyclic) bond motifs is 1. The molecule has 0 aliphatic rings. The first-order valence-electron chi connectivity index (χ1n) is 6.69. The minimum absolute atomic E-state index is 0.0144. The highest BCUT2D eigenvalue weighted by molar-refractivity contribution is 5.98. The fourth-order valence-electron chi connectivity index (χ4n) is 2.08. The monoisotopic (exact) mass is 256 g/mol. The first kappa shape index (κ1) is 13.6. The molecule has 100 valence electrons. The molecular weight excluding hydrogens is 236 g/mol. The van der Waals surface area contributed by atoms with E-state index in [0.29, 0.717) is 18.7 Å². The van der Waals surface area contributed by atoms with Gasteiger partial charge in [0, 0.05) is 12.1 Å². The molecule has 3 nitrogen and oxygen atoms in total. The van der Waals surface area contributed by atoms with E-state index in [1.165, 1.54) is 10.9 Å². The van der Waals surface area contributed by atoms with Gasteiger partial charge in [-0.25, -0.2) is 0 Å².